The van der Waals surface area contributed by atoms with Crippen molar-refractivity contribution in [2.45, 2.75) is 9.79 Å². The number of non-ortho nitro benzene ring substituents is 1. The molecule has 0 fully saturated rings. The molecule has 178 valence electrons. The predicted molar refractivity (Wildman–Crippen MR) is 127 cm³/mol. The van der Waals surface area contributed by atoms with E-state index in [4.69, 9.17) is 5.73 Å². The first-order valence-corrected chi connectivity index (χ1v) is 17.8. The second kappa shape index (κ2) is 10.3. The average molecular weight is 524 g/mol. The highest BCUT2D eigenvalue weighted by Crippen LogP contribution is 2.40. The number of nitrogen functional groups attached to an aromatic ring is 1. The fourth-order valence-corrected chi connectivity index (χ4v) is 11.3. The van der Waals surface area contributed by atoms with Crippen LogP contribution in [0.15, 0.2) is 58.3 Å². The van der Waals surface area contributed by atoms with E-state index in [1.807, 2.05) is 0 Å². The Morgan fingerprint density at radius 1 is 0.750 bits per heavy atom. The molecule has 0 saturated heterocycles. The van der Waals surface area contributed by atoms with Gasteiger partial charge in [0.05, 0.1) is 29.0 Å². The minimum absolute atomic E-state index is 0.0491. The summed E-state index contributed by atoms with van der Waals surface area (Å²) in [6.07, 6.45) is 0. The maximum Gasteiger partial charge on any atom is 0.269 e. The van der Waals surface area contributed by atoms with Crippen molar-refractivity contribution in [1.29, 1.82) is 0 Å². The van der Waals surface area contributed by atoms with Gasteiger partial charge < -0.3 is 14.9 Å². The van der Waals surface area contributed by atoms with Gasteiger partial charge in [-0.15, -0.1) is 0 Å². The summed E-state index contributed by atoms with van der Waals surface area (Å²) in [5, 5.41) is 10.4. The fraction of sp³-hybridized carbons (Fsp3) is 0.333. The minimum Gasteiger partial charge on any atom is -0.399 e. The van der Waals surface area contributed by atoms with Crippen molar-refractivity contribution >= 4 is 45.3 Å². The minimum atomic E-state index is -3.65. The summed E-state index contributed by atoms with van der Waals surface area (Å²) >= 11 is 0. The van der Waals surface area contributed by atoms with Gasteiger partial charge in [-0.25, -0.2) is 16.8 Å². The summed E-state index contributed by atoms with van der Waals surface area (Å²) in [7, 11) is -12.4. The first kappa shape index (κ1) is 28.0. The Morgan fingerprint density at radius 2 is 1.06 bits per heavy atom. The highest BCUT2D eigenvalue weighted by Gasteiger charge is 2.23. The molecular weight excluding hydrogens is 498 g/mol. The summed E-state index contributed by atoms with van der Waals surface area (Å²) in [4.78, 5) is 9.91. The average Bonchev–Trinajstić information content (AvgIpc) is 2.58. The predicted octanol–water partition coefficient (Wildman–Crippen LogP) is 3.57. The zero-order valence-electron chi connectivity index (χ0n) is 18.0. The molecule has 2 aromatic carbocycles. The molecule has 0 spiro atoms. The van der Waals surface area contributed by atoms with E-state index < -0.39 is 44.4 Å². The zero-order valence-corrected chi connectivity index (χ0v) is 21.5. The standard InChI is InChI=1S/C9H12NO5PS.C9H14NO3PS/c1-16(2,13)7-17(14,15)9-5-3-8(4-6-9)10(11)12;1-14(2,11)7-15(12,13)9-5-3-8(10)4-6-9/h3-6H,7H2,1-2H3;3-6H,7,10H2,1-2H3. The van der Waals surface area contributed by atoms with Gasteiger partial charge in [-0.2, -0.15) is 0 Å². The van der Waals surface area contributed by atoms with Crippen LogP contribution in [0.2, 0.25) is 0 Å². The van der Waals surface area contributed by atoms with Gasteiger partial charge in [0.15, 0.2) is 19.7 Å². The van der Waals surface area contributed by atoms with Crippen LogP contribution in [-0.2, 0) is 28.8 Å². The number of hydrogen-bond acceptors (Lipinski definition) is 9. The molecule has 0 heterocycles. The van der Waals surface area contributed by atoms with E-state index >= 15 is 0 Å². The van der Waals surface area contributed by atoms with Gasteiger partial charge in [0.1, 0.15) is 11.0 Å². The van der Waals surface area contributed by atoms with Crippen LogP contribution in [0.5, 0.6) is 0 Å². The van der Waals surface area contributed by atoms with Crippen molar-refractivity contribution in [3.8, 4) is 0 Å². The van der Waals surface area contributed by atoms with E-state index in [9.17, 15) is 36.1 Å². The van der Waals surface area contributed by atoms with Gasteiger partial charge >= 0.3 is 0 Å². The van der Waals surface area contributed by atoms with Crippen LogP contribution in [0, 0.1) is 10.1 Å². The van der Waals surface area contributed by atoms with Crippen molar-refractivity contribution in [3.05, 3.63) is 58.6 Å². The SMILES string of the molecule is CP(C)(=O)CS(=O)(=O)c1ccc(N)cc1.CP(C)(=O)CS(=O)(=O)c1ccc([N+](=O)[O-])cc1. The molecule has 2 rings (SSSR count). The summed E-state index contributed by atoms with van der Waals surface area (Å²) < 4.78 is 70.0. The molecule has 0 bridgehead atoms. The molecule has 14 heteroatoms. The monoisotopic (exact) mass is 524 g/mol. The van der Waals surface area contributed by atoms with E-state index in [0.29, 0.717) is 5.69 Å². The Hall–Kier alpha value is -2.00. The van der Waals surface area contributed by atoms with Crippen molar-refractivity contribution in [2.24, 2.45) is 0 Å². The van der Waals surface area contributed by atoms with E-state index in [1.54, 1.807) is 0 Å². The molecule has 0 amide bonds. The Balaban J connectivity index is 0.000000323. The molecule has 0 aliphatic heterocycles. The Kier molecular flexibility index (Phi) is 9.02. The van der Waals surface area contributed by atoms with E-state index in [0.717, 1.165) is 24.3 Å². The molecule has 2 N–H and O–H groups in total. The first-order valence-electron chi connectivity index (χ1n) is 8.96. The van der Waals surface area contributed by atoms with Crippen LogP contribution in [0.1, 0.15) is 0 Å². The maximum atomic E-state index is 11.8. The third kappa shape index (κ3) is 9.65. The third-order valence-electron chi connectivity index (χ3n) is 3.61. The lowest BCUT2D eigenvalue weighted by molar-refractivity contribution is -0.384. The van der Waals surface area contributed by atoms with E-state index in [1.165, 1.54) is 50.9 Å². The summed E-state index contributed by atoms with van der Waals surface area (Å²) in [6.45, 7) is 5.69. The molecule has 0 aromatic heterocycles. The Bertz CT molecular complexity index is 1260. The van der Waals surface area contributed by atoms with E-state index in [2.05, 4.69) is 0 Å². The van der Waals surface area contributed by atoms with Gasteiger partial charge in [-0.1, -0.05) is 0 Å². The number of nitro benzene ring substituents is 1. The number of nitrogens with zero attached hydrogens (tertiary/aromatic N) is 1. The summed E-state index contributed by atoms with van der Waals surface area (Å²) in [5.74, 6) is 0. The number of rotatable bonds is 7. The zero-order chi connectivity index (χ0) is 25.0. The van der Waals surface area contributed by atoms with Gasteiger partial charge in [0.25, 0.3) is 5.69 Å². The smallest absolute Gasteiger partial charge is 0.269 e. The lowest BCUT2D eigenvalue weighted by Crippen LogP contribution is -2.06. The normalized spacial score (nSPS) is 12.5. The number of nitro groups is 1. The molecule has 0 radical (unpaired) electrons. The molecule has 0 aliphatic carbocycles. The lowest BCUT2D eigenvalue weighted by atomic mass is 10.3. The maximum absolute atomic E-state index is 11.8. The van der Waals surface area contributed by atoms with Crippen molar-refractivity contribution in [2.75, 3.05) is 43.4 Å². The quantitative estimate of drug-likeness (QED) is 0.246. The second-order valence-electron chi connectivity index (χ2n) is 7.96. The van der Waals surface area contributed by atoms with Crippen LogP contribution in [-0.4, -0.2) is 59.4 Å². The highest BCUT2D eigenvalue weighted by atomic mass is 32.2. The van der Waals surface area contributed by atoms with Gasteiger partial charge in [-0.05, 0) is 63.1 Å². The van der Waals surface area contributed by atoms with Gasteiger partial charge in [0, 0.05) is 17.8 Å². The molecular formula is C18H26N2O8P2S2. The fourth-order valence-electron chi connectivity index (χ4n) is 2.42. The topological polar surface area (TPSA) is 172 Å². The summed E-state index contributed by atoms with van der Waals surface area (Å²) in [5.41, 5.74) is 5.04. The second-order valence-corrected chi connectivity index (χ2v) is 19.7. The van der Waals surface area contributed by atoms with Crippen LogP contribution in [0.4, 0.5) is 11.4 Å². The Labute approximate surface area is 188 Å². The Morgan fingerprint density at radius 3 is 1.34 bits per heavy atom. The van der Waals surface area contributed by atoms with Crippen molar-refractivity contribution in [1.82, 2.24) is 0 Å². The van der Waals surface area contributed by atoms with Crippen molar-refractivity contribution in [3.63, 3.8) is 0 Å². The van der Waals surface area contributed by atoms with Crippen LogP contribution >= 0.6 is 14.3 Å². The molecule has 0 atom stereocenters. The highest BCUT2D eigenvalue weighted by molar-refractivity contribution is 7.99. The van der Waals surface area contributed by atoms with Gasteiger partial charge in [-0.3, -0.25) is 10.1 Å². The molecule has 0 aliphatic rings. The third-order valence-corrected chi connectivity index (χ3v) is 13.3. The number of hydrogen-bond donors (Lipinski definition) is 1. The largest absolute Gasteiger partial charge is 0.399 e. The van der Waals surface area contributed by atoms with E-state index in [-0.39, 0.29) is 21.0 Å². The molecule has 2 aromatic rings. The van der Waals surface area contributed by atoms with Crippen molar-refractivity contribution < 1.29 is 30.9 Å². The molecule has 0 saturated carbocycles. The van der Waals surface area contributed by atoms with Crippen LogP contribution in [0.25, 0.3) is 0 Å². The first-order chi connectivity index (χ1) is 14.3. The van der Waals surface area contributed by atoms with Crippen LogP contribution < -0.4 is 5.73 Å². The van der Waals surface area contributed by atoms with Gasteiger partial charge in [0.2, 0.25) is 0 Å². The summed E-state index contributed by atoms with van der Waals surface area (Å²) in [6, 6.07) is 10.4. The lowest BCUT2D eigenvalue weighted by Gasteiger charge is -2.08. The molecule has 10 nitrogen and oxygen atoms in total. The number of benzene rings is 2. The molecule has 32 heavy (non-hydrogen) atoms. The number of anilines is 1. The molecule has 0 unspecified atom stereocenters. The number of sulfone groups is 2. The van der Waals surface area contributed by atoms with Crippen LogP contribution in [0.3, 0.4) is 0 Å². The number of nitrogens with two attached hydrogens (primary N) is 1.